The number of carbonyl (C=O) groups is 1. The Bertz CT molecular complexity index is 432. The summed E-state index contributed by atoms with van der Waals surface area (Å²) in [6, 6.07) is 5.60. The van der Waals surface area contributed by atoms with E-state index < -0.39 is 0 Å². The largest absolute Gasteiger partial charge is 0.496 e. The Balaban J connectivity index is 2.65. The third-order valence-corrected chi connectivity index (χ3v) is 3.51. The summed E-state index contributed by atoms with van der Waals surface area (Å²) in [5.41, 5.74) is 1.63. The van der Waals surface area contributed by atoms with Gasteiger partial charge in [0.25, 0.3) is 5.91 Å². The van der Waals surface area contributed by atoms with Gasteiger partial charge in [0, 0.05) is 11.4 Å². The number of hydrogen-bond donors (Lipinski definition) is 1. The zero-order chi connectivity index (χ0) is 14.4. The fourth-order valence-corrected chi connectivity index (χ4v) is 2.80. The van der Waals surface area contributed by atoms with Crippen molar-refractivity contribution in [2.24, 2.45) is 5.92 Å². The molecule has 0 saturated heterocycles. The zero-order valence-electron chi connectivity index (χ0n) is 12.0. The van der Waals surface area contributed by atoms with E-state index in [1.807, 2.05) is 25.1 Å². The van der Waals surface area contributed by atoms with E-state index in [9.17, 15) is 4.79 Å². The van der Waals surface area contributed by atoms with Crippen molar-refractivity contribution in [1.82, 2.24) is 5.32 Å². The first kappa shape index (κ1) is 16.0. The second-order valence-electron chi connectivity index (χ2n) is 5.14. The average molecular weight is 328 g/mol. The molecule has 0 aliphatic carbocycles. The molecule has 1 unspecified atom stereocenters. The summed E-state index contributed by atoms with van der Waals surface area (Å²) < 4.78 is 5.22. The number of benzene rings is 1. The van der Waals surface area contributed by atoms with Gasteiger partial charge in [0.05, 0.1) is 12.7 Å². The van der Waals surface area contributed by atoms with Gasteiger partial charge in [0.15, 0.2) is 0 Å². The van der Waals surface area contributed by atoms with Gasteiger partial charge in [0.1, 0.15) is 5.75 Å². The quantitative estimate of drug-likeness (QED) is 0.811. The molecule has 1 N–H and O–H groups in total. The molecule has 0 aliphatic rings. The monoisotopic (exact) mass is 327 g/mol. The Morgan fingerprint density at radius 2 is 2.11 bits per heavy atom. The molecule has 0 saturated carbocycles. The molecule has 0 spiro atoms. The number of rotatable bonds is 6. The minimum absolute atomic E-state index is 0.0891. The SMILES string of the molecule is COc1ccc(C)cc1C(=O)NCC(Br)CC(C)C. The average Bonchev–Trinajstić information content (AvgIpc) is 2.35. The molecule has 1 rings (SSSR count). The van der Waals surface area contributed by atoms with Gasteiger partial charge in [-0.25, -0.2) is 0 Å². The second kappa shape index (κ2) is 7.53. The summed E-state index contributed by atoms with van der Waals surface area (Å²) in [5, 5.41) is 2.94. The molecule has 0 fully saturated rings. The molecule has 106 valence electrons. The molecule has 1 amide bonds. The fourth-order valence-electron chi connectivity index (χ4n) is 1.89. The van der Waals surface area contributed by atoms with E-state index in [2.05, 4.69) is 35.1 Å². The standard InChI is InChI=1S/C15H22BrNO2/c1-10(2)7-12(16)9-17-15(18)13-8-11(3)5-6-14(13)19-4/h5-6,8,10,12H,7,9H2,1-4H3,(H,17,18). The van der Waals surface area contributed by atoms with Gasteiger partial charge in [-0.1, -0.05) is 41.4 Å². The molecule has 3 nitrogen and oxygen atoms in total. The van der Waals surface area contributed by atoms with E-state index in [0.717, 1.165) is 12.0 Å². The van der Waals surface area contributed by atoms with Crippen LogP contribution in [-0.2, 0) is 0 Å². The first-order valence-corrected chi connectivity index (χ1v) is 7.42. The lowest BCUT2D eigenvalue weighted by Gasteiger charge is -2.14. The molecule has 1 aromatic carbocycles. The van der Waals surface area contributed by atoms with Crippen molar-refractivity contribution in [2.45, 2.75) is 32.0 Å². The first-order chi connectivity index (χ1) is 8.93. The third kappa shape index (κ3) is 5.23. The summed E-state index contributed by atoms with van der Waals surface area (Å²) in [4.78, 5) is 12.5. The maximum Gasteiger partial charge on any atom is 0.255 e. The van der Waals surface area contributed by atoms with E-state index in [0.29, 0.717) is 28.6 Å². The van der Waals surface area contributed by atoms with Crippen LogP contribution >= 0.6 is 15.9 Å². The van der Waals surface area contributed by atoms with Crippen LogP contribution in [0.1, 0.15) is 36.2 Å². The first-order valence-electron chi connectivity index (χ1n) is 6.51. The van der Waals surface area contributed by atoms with E-state index in [1.54, 1.807) is 7.11 Å². The van der Waals surface area contributed by atoms with Crippen LogP contribution in [0.3, 0.4) is 0 Å². The molecule has 0 aliphatic heterocycles. The lowest BCUT2D eigenvalue weighted by Crippen LogP contribution is -2.30. The smallest absolute Gasteiger partial charge is 0.255 e. The highest BCUT2D eigenvalue weighted by molar-refractivity contribution is 9.09. The number of hydrogen-bond acceptors (Lipinski definition) is 2. The molecular formula is C15H22BrNO2. The number of amides is 1. The third-order valence-electron chi connectivity index (χ3n) is 2.81. The zero-order valence-corrected chi connectivity index (χ0v) is 13.6. The number of alkyl halides is 1. The summed E-state index contributed by atoms with van der Waals surface area (Å²) in [6.07, 6.45) is 1.03. The van der Waals surface area contributed by atoms with Crippen molar-refractivity contribution in [3.8, 4) is 5.75 Å². The van der Waals surface area contributed by atoms with Crippen molar-refractivity contribution in [2.75, 3.05) is 13.7 Å². The molecular weight excluding hydrogens is 306 g/mol. The van der Waals surface area contributed by atoms with Crippen molar-refractivity contribution < 1.29 is 9.53 Å². The Morgan fingerprint density at radius 1 is 1.42 bits per heavy atom. The van der Waals surface area contributed by atoms with Gasteiger partial charge in [-0.15, -0.1) is 0 Å². The van der Waals surface area contributed by atoms with Crippen LogP contribution in [0.4, 0.5) is 0 Å². The number of aryl methyl sites for hydroxylation is 1. The van der Waals surface area contributed by atoms with Gasteiger partial charge < -0.3 is 10.1 Å². The highest BCUT2D eigenvalue weighted by Crippen LogP contribution is 2.19. The van der Waals surface area contributed by atoms with Crippen LogP contribution in [0, 0.1) is 12.8 Å². The Hall–Kier alpha value is -1.03. The lowest BCUT2D eigenvalue weighted by molar-refractivity contribution is 0.0950. The number of ether oxygens (including phenoxy) is 1. The predicted molar refractivity (Wildman–Crippen MR) is 82.2 cm³/mol. The van der Waals surface area contributed by atoms with E-state index in [-0.39, 0.29) is 5.91 Å². The fraction of sp³-hybridized carbons (Fsp3) is 0.533. The van der Waals surface area contributed by atoms with E-state index >= 15 is 0 Å². The van der Waals surface area contributed by atoms with Gasteiger partial charge in [-0.2, -0.15) is 0 Å². The van der Waals surface area contributed by atoms with Gasteiger partial charge in [0.2, 0.25) is 0 Å². The Labute approximate surface area is 123 Å². The van der Waals surface area contributed by atoms with Crippen LogP contribution < -0.4 is 10.1 Å². The Morgan fingerprint density at radius 3 is 2.68 bits per heavy atom. The van der Waals surface area contributed by atoms with Gasteiger partial charge in [-0.3, -0.25) is 4.79 Å². The van der Waals surface area contributed by atoms with Crippen LogP contribution in [0.5, 0.6) is 5.75 Å². The molecule has 0 aromatic heterocycles. The van der Waals surface area contributed by atoms with Crippen LogP contribution in [-0.4, -0.2) is 24.4 Å². The lowest BCUT2D eigenvalue weighted by atomic mass is 10.1. The summed E-state index contributed by atoms with van der Waals surface area (Å²) in [5.74, 6) is 1.13. The van der Waals surface area contributed by atoms with Crippen molar-refractivity contribution in [3.63, 3.8) is 0 Å². The molecule has 19 heavy (non-hydrogen) atoms. The molecule has 4 heteroatoms. The van der Waals surface area contributed by atoms with Crippen LogP contribution in [0.15, 0.2) is 18.2 Å². The number of carbonyl (C=O) groups excluding carboxylic acids is 1. The second-order valence-corrected chi connectivity index (χ2v) is 6.44. The highest BCUT2D eigenvalue weighted by Gasteiger charge is 2.14. The number of methoxy groups -OCH3 is 1. The molecule has 1 aromatic rings. The minimum Gasteiger partial charge on any atom is -0.496 e. The minimum atomic E-state index is -0.0891. The van der Waals surface area contributed by atoms with Crippen LogP contribution in [0.2, 0.25) is 0 Å². The summed E-state index contributed by atoms with van der Waals surface area (Å²) in [6.45, 7) is 6.91. The predicted octanol–water partition coefficient (Wildman–Crippen LogP) is 3.54. The molecule has 0 bridgehead atoms. The van der Waals surface area contributed by atoms with Gasteiger partial charge in [-0.05, 0) is 31.4 Å². The summed E-state index contributed by atoms with van der Waals surface area (Å²) >= 11 is 3.58. The molecule has 1 atom stereocenters. The number of nitrogens with one attached hydrogen (secondary N) is 1. The number of halogens is 1. The highest BCUT2D eigenvalue weighted by atomic mass is 79.9. The summed E-state index contributed by atoms with van der Waals surface area (Å²) in [7, 11) is 1.58. The van der Waals surface area contributed by atoms with Crippen molar-refractivity contribution in [1.29, 1.82) is 0 Å². The van der Waals surface area contributed by atoms with E-state index in [4.69, 9.17) is 4.74 Å². The normalized spacial score (nSPS) is 12.3. The maximum atomic E-state index is 12.2. The Kier molecular flexibility index (Phi) is 6.35. The van der Waals surface area contributed by atoms with E-state index in [1.165, 1.54) is 0 Å². The van der Waals surface area contributed by atoms with Crippen molar-refractivity contribution >= 4 is 21.8 Å². The van der Waals surface area contributed by atoms with Gasteiger partial charge >= 0.3 is 0 Å². The maximum absolute atomic E-state index is 12.2. The molecule has 0 radical (unpaired) electrons. The topological polar surface area (TPSA) is 38.3 Å². The van der Waals surface area contributed by atoms with Crippen molar-refractivity contribution in [3.05, 3.63) is 29.3 Å². The molecule has 0 heterocycles. The van der Waals surface area contributed by atoms with Crippen LogP contribution in [0.25, 0.3) is 0 Å².